The van der Waals surface area contributed by atoms with Crippen LogP contribution in [-0.2, 0) is 9.53 Å². The minimum atomic E-state index is -0.596. The number of benzene rings is 1. The average Bonchev–Trinajstić information content (AvgIpc) is 2.85. The zero-order valence-electron chi connectivity index (χ0n) is 13.3. The van der Waals surface area contributed by atoms with Gasteiger partial charge in [0.05, 0.1) is 16.0 Å². The molecule has 0 aromatic heterocycles. The van der Waals surface area contributed by atoms with Gasteiger partial charge >= 0.3 is 6.09 Å². The fraction of sp³-hybridized carbons (Fsp3) is 0.500. The highest BCUT2D eigenvalue weighted by Crippen LogP contribution is 2.36. The van der Waals surface area contributed by atoms with Crippen molar-refractivity contribution in [1.29, 1.82) is 0 Å². The number of rotatable bonds is 2. The Bertz CT molecular complexity index is 628. The van der Waals surface area contributed by atoms with E-state index in [1.165, 1.54) is 4.90 Å². The van der Waals surface area contributed by atoms with E-state index in [1.54, 1.807) is 39.0 Å². The maximum absolute atomic E-state index is 12.2. The summed E-state index contributed by atoms with van der Waals surface area (Å²) in [5.74, 6) is -1.17. The summed E-state index contributed by atoms with van der Waals surface area (Å²) in [6, 6.07) is 5.18. The Morgan fingerprint density at radius 3 is 2.39 bits per heavy atom. The van der Waals surface area contributed by atoms with Crippen LogP contribution in [0.4, 0.5) is 4.79 Å². The summed E-state index contributed by atoms with van der Waals surface area (Å²) in [6.07, 6.45) is -0.452. The van der Waals surface area contributed by atoms with E-state index >= 15 is 0 Å². The summed E-state index contributed by atoms with van der Waals surface area (Å²) in [5.41, 5.74) is 5.74. The zero-order chi connectivity index (χ0) is 17.4. The number of amides is 2. The van der Waals surface area contributed by atoms with Crippen molar-refractivity contribution < 1.29 is 14.3 Å². The standard InChI is InChI=1S/C16H20Cl2N2O3/c1-16(2,3)23-15(22)20-7-10(11(8-20)14(19)21)9-4-5-12(17)13(18)6-9/h4-6,10-11H,7-8H2,1-3H3,(H2,19,21)/t10-,11+/m0/s1. The molecule has 1 aromatic rings. The Balaban J connectivity index is 2.23. The van der Waals surface area contributed by atoms with Gasteiger partial charge in [0.25, 0.3) is 0 Å². The minimum absolute atomic E-state index is 0.227. The Kier molecular flexibility index (Phi) is 5.11. The molecule has 0 unspecified atom stereocenters. The largest absolute Gasteiger partial charge is 0.444 e. The SMILES string of the molecule is CC(C)(C)OC(=O)N1C[C@@H](C(N)=O)[C@H](c2ccc(Cl)c(Cl)c2)C1. The molecule has 1 heterocycles. The molecule has 1 aliphatic rings. The van der Waals surface area contributed by atoms with Crippen molar-refractivity contribution in [2.45, 2.75) is 32.3 Å². The third-order valence-corrected chi connectivity index (χ3v) is 4.45. The fourth-order valence-electron chi connectivity index (χ4n) is 2.65. The van der Waals surface area contributed by atoms with Gasteiger partial charge in [0.15, 0.2) is 0 Å². The van der Waals surface area contributed by atoms with Gasteiger partial charge in [0.2, 0.25) is 5.91 Å². The van der Waals surface area contributed by atoms with Crippen LogP contribution in [0.15, 0.2) is 18.2 Å². The molecule has 0 saturated carbocycles. The van der Waals surface area contributed by atoms with Gasteiger partial charge in [-0.15, -0.1) is 0 Å². The highest BCUT2D eigenvalue weighted by atomic mass is 35.5. The Morgan fingerprint density at radius 1 is 1.22 bits per heavy atom. The lowest BCUT2D eigenvalue weighted by atomic mass is 9.88. The first kappa shape index (κ1) is 17.9. The van der Waals surface area contributed by atoms with E-state index < -0.39 is 23.5 Å². The van der Waals surface area contributed by atoms with Crippen molar-refractivity contribution in [2.75, 3.05) is 13.1 Å². The molecule has 0 aliphatic carbocycles. The lowest BCUT2D eigenvalue weighted by Crippen LogP contribution is -2.36. The fourth-order valence-corrected chi connectivity index (χ4v) is 2.95. The van der Waals surface area contributed by atoms with Gasteiger partial charge < -0.3 is 15.4 Å². The van der Waals surface area contributed by atoms with Crippen LogP contribution in [0.2, 0.25) is 10.0 Å². The molecule has 5 nitrogen and oxygen atoms in total. The monoisotopic (exact) mass is 358 g/mol. The van der Waals surface area contributed by atoms with E-state index in [0.717, 1.165) is 5.56 Å². The number of hydrogen-bond donors (Lipinski definition) is 1. The number of ether oxygens (including phenoxy) is 1. The lowest BCUT2D eigenvalue weighted by molar-refractivity contribution is -0.121. The van der Waals surface area contributed by atoms with Gasteiger partial charge in [-0.2, -0.15) is 0 Å². The molecule has 2 amide bonds. The topological polar surface area (TPSA) is 72.6 Å². The van der Waals surface area contributed by atoms with Crippen LogP contribution < -0.4 is 5.73 Å². The van der Waals surface area contributed by atoms with Crippen molar-refractivity contribution in [3.05, 3.63) is 33.8 Å². The zero-order valence-corrected chi connectivity index (χ0v) is 14.8. The summed E-state index contributed by atoms with van der Waals surface area (Å²) in [4.78, 5) is 25.5. The molecule has 7 heteroatoms. The first-order valence-corrected chi connectivity index (χ1v) is 8.06. The number of carbonyl (C=O) groups excluding carboxylic acids is 2. The van der Waals surface area contributed by atoms with Crippen LogP contribution in [-0.4, -0.2) is 35.6 Å². The molecule has 1 aliphatic heterocycles. The third-order valence-electron chi connectivity index (χ3n) is 3.71. The lowest BCUT2D eigenvalue weighted by Gasteiger charge is -2.24. The Hall–Kier alpha value is -1.46. The quantitative estimate of drug-likeness (QED) is 0.879. The van der Waals surface area contributed by atoms with Crippen LogP contribution in [0.1, 0.15) is 32.3 Å². The van der Waals surface area contributed by atoms with Gasteiger partial charge in [-0.1, -0.05) is 29.3 Å². The Morgan fingerprint density at radius 2 is 1.87 bits per heavy atom. The summed E-state index contributed by atoms with van der Waals surface area (Å²) in [7, 11) is 0. The number of nitrogens with zero attached hydrogens (tertiary/aromatic N) is 1. The molecular formula is C16H20Cl2N2O3. The predicted octanol–water partition coefficient (Wildman–Crippen LogP) is 3.43. The van der Waals surface area contributed by atoms with Gasteiger partial charge in [-0.05, 0) is 38.5 Å². The van der Waals surface area contributed by atoms with Crippen molar-refractivity contribution in [2.24, 2.45) is 11.7 Å². The van der Waals surface area contributed by atoms with Crippen LogP contribution in [0.3, 0.4) is 0 Å². The number of halogens is 2. The smallest absolute Gasteiger partial charge is 0.410 e. The van der Waals surface area contributed by atoms with Crippen molar-refractivity contribution >= 4 is 35.2 Å². The van der Waals surface area contributed by atoms with Gasteiger partial charge in [-0.25, -0.2) is 4.79 Å². The molecular weight excluding hydrogens is 339 g/mol. The molecule has 1 fully saturated rings. The van der Waals surface area contributed by atoms with Gasteiger partial charge in [0, 0.05) is 19.0 Å². The van der Waals surface area contributed by atoms with Crippen molar-refractivity contribution in [3.8, 4) is 0 Å². The van der Waals surface area contributed by atoms with Crippen molar-refractivity contribution in [3.63, 3.8) is 0 Å². The van der Waals surface area contributed by atoms with E-state index in [9.17, 15) is 9.59 Å². The molecule has 2 N–H and O–H groups in total. The van der Waals surface area contributed by atoms with Gasteiger partial charge in [0.1, 0.15) is 5.60 Å². The average molecular weight is 359 g/mol. The molecule has 126 valence electrons. The number of likely N-dealkylation sites (tertiary alicyclic amines) is 1. The van der Waals surface area contributed by atoms with E-state index in [0.29, 0.717) is 16.6 Å². The molecule has 0 spiro atoms. The van der Waals surface area contributed by atoms with Crippen molar-refractivity contribution in [1.82, 2.24) is 4.90 Å². The molecule has 1 aromatic carbocycles. The summed E-state index contributed by atoms with van der Waals surface area (Å²) < 4.78 is 5.36. The second-order valence-electron chi connectivity index (χ2n) is 6.67. The molecule has 23 heavy (non-hydrogen) atoms. The van der Waals surface area contributed by atoms with Crippen LogP contribution >= 0.6 is 23.2 Å². The second kappa shape index (κ2) is 6.57. The number of carbonyl (C=O) groups is 2. The maximum Gasteiger partial charge on any atom is 0.410 e. The van der Waals surface area contributed by atoms with Gasteiger partial charge in [-0.3, -0.25) is 4.79 Å². The predicted molar refractivity (Wildman–Crippen MR) is 89.7 cm³/mol. The summed E-state index contributed by atoms with van der Waals surface area (Å²) in [6.45, 7) is 5.96. The Labute approximate surface area is 145 Å². The van der Waals surface area contributed by atoms with E-state index in [2.05, 4.69) is 0 Å². The van der Waals surface area contributed by atoms with Crippen LogP contribution in [0.25, 0.3) is 0 Å². The first-order chi connectivity index (χ1) is 10.6. The van der Waals surface area contributed by atoms with E-state index in [-0.39, 0.29) is 12.5 Å². The highest BCUT2D eigenvalue weighted by Gasteiger charge is 2.40. The van der Waals surface area contributed by atoms with Crippen LogP contribution in [0.5, 0.6) is 0 Å². The molecule has 2 atom stereocenters. The van der Waals surface area contributed by atoms with E-state index in [4.69, 9.17) is 33.7 Å². The minimum Gasteiger partial charge on any atom is -0.444 e. The second-order valence-corrected chi connectivity index (χ2v) is 7.49. The number of nitrogens with two attached hydrogens (primary N) is 1. The molecule has 1 saturated heterocycles. The maximum atomic E-state index is 12.2. The molecule has 0 bridgehead atoms. The van der Waals surface area contributed by atoms with E-state index in [1.807, 2.05) is 0 Å². The highest BCUT2D eigenvalue weighted by molar-refractivity contribution is 6.42. The third kappa shape index (κ3) is 4.30. The first-order valence-electron chi connectivity index (χ1n) is 7.30. The number of primary amides is 1. The molecule has 2 rings (SSSR count). The number of hydrogen-bond acceptors (Lipinski definition) is 3. The normalized spacial score (nSPS) is 21.3. The summed E-state index contributed by atoms with van der Waals surface area (Å²) >= 11 is 12.0. The molecule has 0 radical (unpaired) electrons. The van der Waals surface area contributed by atoms with Crippen LogP contribution in [0, 0.1) is 5.92 Å². The summed E-state index contributed by atoms with van der Waals surface area (Å²) in [5, 5.41) is 0.844.